The maximum absolute atomic E-state index is 15.7. The molecule has 2 aliphatic heterocycles. The van der Waals surface area contributed by atoms with E-state index in [9.17, 15) is 9.90 Å². The van der Waals surface area contributed by atoms with Gasteiger partial charge in [-0.1, -0.05) is 0 Å². The molecule has 2 aromatic rings. The highest BCUT2D eigenvalue weighted by Gasteiger charge is 2.33. The Hall–Kier alpha value is -2.03. The molecular formula is C23H30F2N4O2. The van der Waals surface area contributed by atoms with Crippen LogP contribution in [0.4, 0.5) is 14.5 Å². The topological polar surface area (TPSA) is 52.0 Å². The van der Waals surface area contributed by atoms with E-state index in [4.69, 9.17) is 0 Å². The van der Waals surface area contributed by atoms with E-state index in [1.807, 2.05) is 0 Å². The summed E-state index contributed by atoms with van der Waals surface area (Å²) in [6.45, 7) is 6.44. The summed E-state index contributed by atoms with van der Waals surface area (Å²) < 4.78 is 32.8. The van der Waals surface area contributed by atoms with Gasteiger partial charge in [-0.3, -0.25) is 9.69 Å². The van der Waals surface area contributed by atoms with E-state index in [2.05, 4.69) is 16.8 Å². The molecule has 31 heavy (non-hydrogen) atoms. The number of β-amino-alcohol motifs (C(OH)–C–C–N with tert-alkyl or cyclic N) is 1. The first-order valence-corrected chi connectivity index (χ1v) is 11.2. The van der Waals surface area contributed by atoms with Crippen molar-refractivity contribution in [1.82, 2.24) is 14.4 Å². The smallest absolute Gasteiger partial charge is 0.251 e. The summed E-state index contributed by atoms with van der Waals surface area (Å²) >= 11 is 0. The first-order chi connectivity index (χ1) is 14.8. The Morgan fingerprint density at radius 1 is 1.06 bits per heavy atom. The zero-order valence-electron chi connectivity index (χ0n) is 18.2. The molecule has 168 valence electrons. The van der Waals surface area contributed by atoms with Gasteiger partial charge in [-0.05, 0) is 38.8 Å². The van der Waals surface area contributed by atoms with Crippen molar-refractivity contribution in [2.24, 2.45) is 0 Å². The lowest BCUT2D eigenvalue weighted by Crippen LogP contribution is -2.44. The third-order valence-corrected chi connectivity index (χ3v) is 7.05. The van der Waals surface area contributed by atoms with Crippen molar-refractivity contribution in [3.8, 4) is 0 Å². The molecule has 1 N–H and O–H groups in total. The van der Waals surface area contributed by atoms with Crippen molar-refractivity contribution in [3.05, 3.63) is 39.2 Å². The number of pyridine rings is 1. The van der Waals surface area contributed by atoms with Crippen LogP contribution < -0.4 is 10.5 Å². The minimum atomic E-state index is -0.879. The van der Waals surface area contributed by atoms with Gasteiger partial charge in [0.25, 0.3) is 5.56 Å². The van der Waals surface area contributed by atoms with Gasteiger partial charge in [0.2, 0.25) is 0 Å². The molecule has 5 rings (SSSR count). The highest BCUT2D eigenvalue weighted by molar-refractivity contribution is 5.91. The quantitative estimate of drug-likeness (QED) is 0.803. The lowest BCUT2D eigenvalue weighted by atomic mass is 10.0. The number of rotatable bonds is 4. The average molecular weight is 433 g/mol. The zero-order chi connectivity index (χ0) is 21.9. The summed E-state index contributed by atoms with van der Waals surface area (Å²) in [4.78, 5) is 19.3. The van der Waals surface area contributed by atoms with E-state index < -0.39 is 17.7 Å². The monoisotopic (exact) mass is 432 g/mol. The molecular weight excluding hydrogens is 402 g/mol. The van der Waals surface area contributed by atoms with Crippen molar-refractivity contribution in [3.63, 3.8) is 0 Å². The van der Waals surface area contributed by atoms with E-state index in [0.717, 1.165) is 39.0 Å². The van der Waals surface area contributed by atoms with Crippen molar-refractivity contribution < 1.29 is 13.9 Å². The van der Waals surface area contributed by atoms with Gasteiger partial charge in [-0.15, -0.1) is 0 Å². The van der Waals surface area contributed by atoms with Gasteiger partial charge in [0, 0.05) is 68.9 Å². The minimum Gasteiger partial charge on any atom is -0.391 e. The number of aliphatic hydroxyl groups is 1. The first kappa shape index (κ1) is 20.8. The van der Waals surface area contributed by atoms with Gasteiger partial charge in [-0.25, -0.2) is 8.78 Å². The standard InChI is InChI=1S/C23H30F2N4O2/c1-14-22-19(20(24)21(25)23(14)28-6-5-17(30)13-28)15(11-18(31)29(22)16-3-4-16)12-27-9-7-26(2)8-10-27/h11,16-17,30H,3-10,12-13H2,1-2H3. The van der Waals surface area contributed by atoms with E-state index in [1.165, 1.54) is 6.07 Å². The number of aromatic nitrogens is 1. The molecule has 0 radical (unpaired) electrons. The summed E-state index contributed by atoms with van der Waals surface area (Å²) in [7, 11) is 2.07. The number of piperazine rings is 1. The minimum absolute atomic E-state index is 0.0493. The maximum atomic E-state index is 15.7. The maximum Gasteiger partial charge on any atom is 0.251 e. The van der Waals surface area contributed by atoms with Crippen LogP contribution in [0.3, 0.4) is 0 Å². The predicted molar refractivity (Wildman–Crippen MR) is 117 cm³/mol. The van der Waals surface area contributed by atoms with E-state index in [1.54, 1.807) is 16.4 Å². The number of likely N-dealkylation sites (N-methyl/N-ethyl adjacent to an activating group) is 1. The van der Waals surface area contributed by atoms with Crippen molar-refractivity contribution in [2.45, 2.75) is 44.9 Å². The van der Waals surface area contributed by atoms with Gasteiger partial charge in [-0.2, -0.15) is 0 Å². The third-order valence-electron chi connectivity index (χ3n) is 7.05. The molecule has 3 fully saturated rings. The molecule has 6 nitrogen and oxygen atoms in total. The largest absolute Gasteiger partial charge is 0.391 e. The van der Waals surface area contributed by atoms with Crippen LogP contribution in [0.1, 0.15) is 36.4 Å². The van der Waals surface area contributed by atoms with Crippen LogP contribution in [0.5, 0.6) is 0 Å². The molecule has 0 spiro atoms. The Kier molecular flexibility index (Phi) is 5.27. The van der Waals surface area contributed by atoms with Gasteiger partial charge in [0.15, 0.2) is 11.6 Å². The van der Waals surface area contributed by atoms with Crippen LogP contribution >= 0.6 is 0 Å². The molecule has 3 heterocycles. The van der Waals surface area contributed by atoms with Crippen LogP contribution in [-0.2, 0) is 6.54 Å². The molecule has 1 aromatic heterocycles. The Labute approximate surface area is 180 Å². The van der Waals surface area contributed by atoms with E-state index >= 15 is 8.78 Å². The molecule has 0 bridgehead atoms. The number of aryl methyl sites for hydroxylation is 1. The fraction of sp³-hybridized carbons (Fsp3) is 0.609. The SMILES string of the molecule is Cc1c(N2CCC(O)C2)c(F)c(F)c2c(CN3CCN(C)CC3)cc(=O)n(C3CC3)c12. The van der Waals surface area contributed by atoms with Gasteiger partial charge < -0.3 is 19.5 Å². The van der Waals surface area contributed by atoms with Crippen LogP contribution in [0, 0.1) is 18.6 Å². The molecule has 8 heteroatoms. The number of aliphatic hydroxyl groups excluding tert-OH is 1. The van der Waals surface area contributed by atoms with Gasteiger partial charge in [0.05, 0.1) is 17.3 Å². The van der Waals surface area contributed by atoms with Gasteiger partial charge >= 0.3 is 0 Å². The van der Waals surface area contributed by atoms with E-state index in [-0.39, 0.29) is 29.2 Å². The molecule has 2 saturated heterocycles. The lowest BCUT2D eigenvalue weighted by molar-refractivity contribution is 0.148. The second-order valence-electron chi connectivity index (χ2n) is 9.40. The molecule has 3 aliphatic rings. The van der Waals surface area contributed by atoms with Crippen molar-refractivity contribution in [2.75, 3.05) is 51.2 Å². The third kappa shape index (κ3) is 3.64. The molecule has 0 amide bonds. The Morgan fingerprint density at radius 2 is 1.77 bits per heavy atom. The Bertz CT molecular complexity index is 1070. The number of halogens is 2. The Balaban J connectivity index is 1.69. The normalized spacial score (nSPS) is 23.3. The van der Waals surface area contributed by atoms with E-state index in [0.29, 0.717) is 36.2 Å². The second kappa shape index (κ2) is 7.83. The highest BCUT2D eigenvalue weighted by atomic mass is 19.2. The van der Waals surface area contributed by atoms with Gasteiger partial charge in [0.1, 0.15) is 0 Å². The molecule has 1 saturated carbocycles. The zero-order valence-corrected chi connectivity index (χ0v) is 18.2. The fourth-order valence-corrected chi connectivity index (χ4v) is 5.16. The highest BCUT2D eigenvalue weighted by Crippen LogP contribution is 2.42. The predicted octanol–water partition coefficient (Wildman–Crippen LogP) is 2.24. The number of nitrogens with zero attached hydrogens (tertiary/aromatic N) is 4. The van der Waals surface area contributed by atoms with Crippen LogP contribution in [0.2, 0.25) is 0 Å². The molecule has 1 atom stereocenters. The van der Waals surface area contributed by atoms with Crippen molar-refractivity contribution >= 4 is 16.6 Å². The summed E-state index contributed by atoms with van der Waals surface area (Å²) in [6.07, 6.45) is 1.73. The summed E-state index contributed by atoms with van der Waals surface area (Å²) in [5.74, 6) is -1.75. The molecule has 1 aromatic carbocycles. The summed E-state index contributed by atoms with van der Waals surface area (Å²) in [5, 5.41) is 10.2. The molecule has 1 aliphatic carbocycles. The lowest BCUT2D eigenvalue weighted by Gasteiger charge is -2.33. The first-order valence-electron chi connectivity index (χ1n) is 11.2. The molecule has 1 unspecified atom stereocenters. The van der Waals surface area contributed by atoms with Crippen LogP contribution in [-0.4, -0.2) is 71.9 Å². The van der Waals surface area contributed by atoms with Crippen molar-refractivity contribution in [1.29, 1.82) is 0 Å². The number of hydrogen-bond donors (Lipinski definition) is 1. The fourth-order valence-electron chi connectivity index (χ4n) is 5.16. The number of anilines is 1. The van der Waals surface area contributed by atoms with Crippen LogP contribution in [0.15, 0.2) is 10.9 Å². The number of benzene rings is 1. The summed E-state index contributed by atoms with van der Waals surface area (Å²) in [6, 6.07) is 1.56. The van der Waals surface area contributed by atoms with Crippen LogP contribution in [0.25, 0.3) is 10.9 Å². The number of hydrogen-bond acceptors (Lipinski definition) is 5. The summed E-state index contributed by atoms with van der Waals surface area (Å²) in [5.41, 5.74) is 1.73. The number of fused-ring (bicyclic) bond motifs is 1. The Morgan fingerprint density at radius 3 is 2.39 bits per heavy atom. The second-order valence-corrected chi connectivity index (χ2v) is 9.40. The average Bonchev–Trinajstić information content (AvgIpc) is 3.48.